The maximum absolute atomic E-state index is 12.2. The number of halogens is 1. The molecule has 3 nitrogen and oxygen atoms in total. The summed E-state index contributed by atoms with van der Waals surface area (Å²) in [6, 6.07) is 0.461. The van der Waals surface area contributed by atoms with Crippen molar-refractivity contribution < 1.29 is 4.79 Å². The van der Waals surface area contributed by atoms with Gasteiger partial charge < -0.3 is 10.2 Å². The molecule has 1 fully saturated rings. The molecule has 0 aliphatic carbocycles. The van der Waals surface area contributed by atoms with Crippen molar-refractivity contribution in [3.05, 3.63) is 0 Å². The molecule has 17 heavy (non-hydrogen) atoms. The molecule has 1 aliphatic heterocycles. The van der Waals surface area contributed by atoms with Crippen LogP contribution in [0.2, 0.25) is 0 Å². The van der Waals surface area contributed by atoms with Crippen molar-refractivity contribution in [3.8, 4) is 0 Å². The highest BCUT2D eigenvalue weighted by molar-refractivity contribution is 7.99. The highest BCUT2D eigenvalue weighted by Gasteiger charge is 2.27. The standard InChI is InChI=1S/C12H24N2OS.ClH/c1-4-9-14(12(15)10(2)16-3)11-5-7-13-8-6-11;/h10-11,13H,4-9H2,1-3H3;1H. The van der Waals surface area contributed by atoms with E-state index in [0.717, 1.165) is 38.9 Å². The Morgan fingerprint density at radius 1 is 1.47 bits per heavy atom. The van der Waals surface area contributed by atoms with Crippen LogP contribution < -0.4 is 5.32 Å². The van der Waals surface area contributed by atoms with Crippen molar-refractivity contribution in [2.24, 2.45) is 0 Å². The monoisotopic (exact) mass is 280 g/mol. The molecule has 1 heterocycles. The molecule has 0 aromatic carbocycles. The molecule has 0 aromatic heterocycles. The van der Waals surface area contributed by atoms with E-state index in [1.807, 2.05) is 13.2 Å². The normalized spacial score (nSPS) is 18.3. The Hall–Kier alpha value is 0.0700. The van der Waals surface area contributed by atoms with E-state index in [1.54, 1.807) is 11.8 Å². The molecule has 0 bridgehead atoms. The Balaban J connectivity index is 0.00000256. The van der Waals surface area contributed by atoms with E-state index in [9.17, 15) is 4.79 Å². The van der Waals surface area contributed by atoms with E-state index >= 15 is 0 Å². The highest BCUT2D eigenvalue weighted by atomic mass is 35.5. The quantitative estimate of drug-likeness (QED) is 0.838. The summed E-state index contributed by atoms with van der Waals surface area (Å²) in [7, 11) is 0. The third-order valence-corrected chi connectivity index (χ3v) is 4.11. The smallest absolute Gasteiger partial charge is 0.235 e. The lowest BCUT2D eigenvalue weighted by molar-refractivity contribution is -0.133. The first-order valence-corrected chi connectivity index (χ1v) is 7.53. The summed E-state index contributed by atoms with van der Waals surface area (Å²) >= 11 is 1.64. The fourth-order valence-corrected chi connectivity index (χ4v) is 2.50. The van der Waals surface area contributed by atoms with E-state index < -0.39 is 0 Å². The van der Waals surface area contributed by atoms with Gasteiger partial charge in [-0.05, 0) is 45.5 Å². The summed E-state index contributed by atoms with van der Waals surface area (Å²) in [5, 5.41) is 3.45. The second-order valence-electron chi connectivity index (χ2n) is 4.39. The topological polar surface area (TPSA) is 32.3 Å². The van der Waals surface area contributed by atoms with Gasteiger partial charge in [0.05, 0.1) is 5.25 Å². The van der Waals surface area contributed by atoms with Gasteiger partial charge in [0.25, 0.3) is 0 Å². The van der Waals surface area contributed by atoms with Gasteiger partial charge >= 0.3 is 0 Å². The van der Waals surface area contributed by atoms with E-state index in [2.05, 4.69) is 17.1 Å². The molecule has 0 spiro atoms. The lowest BCUT2D eigenvalue weighted by Gasteiger charge is -2.35. The molecule has 0 saturated carbocycles. The fraction of sp³-hybridized carbons (Fsp3) is 0.917. The van der Waals surface area contributed by atoms with Gasteiger partial charge in [-0.1, -0.05) is 6.92 Å². The Bertz CT molecular complexity index is 223. The van der Waals surface area contributed by atoms with Crippen LogP contribution in [0.15, 0.2) is 0 Å². The van der Waals surface area contributed by atoms with Crippen molar-refractivity contribution >= 4 is 30.1 Å². The second-order valence-corrected chi connectivity index (χ2v) is 5.57. The first-order valence-electron chi connectivity index (χ1n) is 6.24. The van der Waals surface area contributed by atoms with Gasteiger partial charge in [-0.25, -0.2) is 0 Å². The van der Waals surface area contributed by atoms with Gasteiger partial charge in [0.2, 0.25) is 5.91 Å². The van der Waals surface area contributed by atoms with Crippen LogP contribution in [0.1, 0.15) is 33.1 Å². The number of amides is 1. The maximum Gasteiger partial charge on any atom is 0.235 e. The Morgan fingerprint density at radius 2 is 2.06 bits per heavy atom. The largest absolute Gasteiger partial charge is 0.339 e. The van der Waals surface area contributed by atoms with E-state index in [0.29, 0.717) is 11.9 Å². The Morgan fingerprint density at radius 3 is 2.53 bits per heavy atom. The lowest BCUT2D eigenvalue weighted by atomic mass is 10.0. The number of thioether (sulfide) groups is 1. The molecule has 0 aromatic rings. The lowest BCUT2D eigenvalue weighted by Crippen LogP contribution is -2.48. The van der Waals surface area contributed by atoms with Crippen molar-refractivity contribution in [2.75, 3.05) is 25.9 Å². The first kappa shape index (κ1) is 17.1. The summed E-state index contributed by atoms with van der Waals surface area (Å²) in [5.41, 5.74) is 0. The summed E-state index contributed by atoms with van der Waals surface area (Å²) in [6.45, 7) is 7.16. The van der Waals surface area contributed by atoms with Crippen LogP contribution in [0.3, 0.4) is 0 Å². The van der Waals surface area contributed by atoms with Crippen LogP contribution in [-0.4, -0.2) is 48.0 Å². The van der Waals surface area contributed by atoms with Gasteiger partial charge in [-0.15, -0.1) is 12.4 Å². The minimum atomic E-state index is 0. The molecular formula is C12H25ClN2OS. The molecule has 1 unspecified atom stereocenters. The zero-order valence-corrected chi connectivity index (χ0v) is 12.7. The molecular weight excluding hydrogens is 256 g/mol. The SMILES string of the molecule is CCCN(C(=O)C(C)SC)C1CCNCC1.Cl. The van der Waals surface area contributed by atoms with Crippen LogP contribution in [0.25, 0.3) is 0 Å². The van der Waals surface area contributed by atoms with Crippen molar-refractivity contribution in [1.82, 2.24) is 10.2 Å². The van der Waals surface area contributed by atoms with Crippen LogP contribution >= 0.6 is 24.2 Å². The molecule has 1 aliphatic rings. The molecule has 102 valence electrons. The molecule has 5 heteroatoms. The summed E-state index contributed by atoms with van der Waals surface area (Å²) in [5.74, 6) is 0.321. The first-order chi connectivity index (χ1) is 7.70. The number of carbonyl (C=O) groups excluding carboxylic acids is 1. The maximum atomic E-state index is 12.2. The van der Waals surface area contributed by atoms with Gasteiger partial charge in [0.15, 0.2) is 0 Å². The zero-order valence-electron chi connectivity index (χ0n) is 11.1. The summed E-state index contributed by atoms with van der Waals surface area (Å²) < 4.78 is 0. The molecule has 1 saturated heterocycles. The minimum Gasteiger partial charge on any atom is -0.339 e. The number of hydrogen-bond donors (Lipinski definition) is 1. The molecule has 0 radical (unpaired) electrons. The number of carbonyl (C=O) groups is 1. The minimum absolute atomic E-state index is 0. The Labute approximate surface area is 115 Å². The molecule has 1 amide bonds. The summed E-state index contributed by atoms with van der Waals surface area (Å²) in [6.07, 6.45) is 5.27. The fourth-order valence-electron chi connectivity index (χ4n) is 2.17. The zero-order chi connectivity index (χ0) is 12.0. The molecule has 1 rings (SSSR count). The van der Waals surface area contributed by atoms with Crippen molar-refractivity contribution in [2.45, 2.75) is 44.4 Å². The highest BCUT2D eigenvalue weighted by Crippen LogP contribution is 2.17. The van der Waals surface area contributed by atoms with Gasteiger partial charge in [-0.3, -0.25) is 4.79 Å². The predicted octanol–water partition coefficient (Wildman–Crippen LogP) is 2.15. The van der Waals surface area contributed by atoms with E-state index in [4.69, 9.17) is 0 Å². The third kappa shape index (κ3) is 5.06. The van der Waals surface area contributed by atoms with Crippen LogP contribution in [0.5, 0.6) is 0 Å². The van der Waals surface area contributed by atoms with Crippen molar-refractivity contribution in [3.63, 3.8) is 0 Å². The van der Waals surface area contributed by atoms with E-state index in [1.165, 1.54) is 0 Å². The average Bonchev–Trinajstić information content (AvgIpc) is 2.35. The van der Waals surface area contributed by atoms with Crippen LogP contribution in [-0.2, 0) is 4.79 Å². The number of nitrogens with zero attached hydrogens (tertiary/aromatic N) is 1. The molecule has 1 atom stereocenters. The third-order valence-electron chi connectivity index (χ3n) is 3.20. The Kier molecular flexibility index (Phi) is 9.10. The van der Waals surface area contributed by atoms with Gasteiger partial charge in [0.1, 0.15) is 0 Å². The number of rotatable bonds is 5. The number of hydrogen-bond acceptors (Lipinski definition) is 3. The molecule has 1 N–H and O–H groups in total. The van der Waals surface area contributed by atoms with Gasteiger partial charge in [-0.2, -0.15) is 11.8 Å². The second kappa shape index (κ2) is 9.06. The van der Waals surface area contributed by atoms with Crippen molar-refractivity contribution in [1.29, 1.82) is 0 Å². The van der Waals surface area contributed by atoms with Crippen LogP contribution in [0, 0.1) is 0 Å². The van der Waals surface area contributed by atoms with E-state index in [-0.39, 0.29) is 17.7 Å². The van der Waals surface area contributed by atoms with Gasteiger partial charge in [0, 0.05) is 12.6 Å². The number of piperidine rings is 1. The average molecular weight is 281 g/mol. The predicted molar refractivity (Wildman–Crippen MR) is 78.1 cm³/mol. The van der Waals surface area contributed by atoms with Crippen LogP contribution in [0.4, 0.5) is 0 Å². The number of nitrogens with one attached hydrogen (secondary N) is 1. The summed E-state index contributed by atoms with van der Waals surface area (Å²) in [4.78, 5) is 14.4.